The van der Waals surface area contributed by atoms with E-state index in [4.69, 9.17) is 4.74 Å². The molecule has 194 valence electrons. The third kappa shape index (κ3) is 5.21. The summed E-state index contributed by atoms with van der Waals surface area (Å²) in [5.41, 5.74) is 2.28. The molecule has 0 bridgehead atoms. The fourth-order valence-corrected chi connectivity index (χ4v) is 5.25. The van der Waals surface area contributed by atoms with Crippen LogP contribution in [0.3, 0.4) is 0 Å². The summed E-state index contributed by atoms with van der Waals surface area (Å²) >= 11 is 0. The zero-order chi connectivity index (χ0) is 26.2. The predicted molar refractivity (Wildman–Crippen MR) is 133 cm³/mol. The molecule has 1 N–H and O–H groups in total. The lowest BCUT2D eigenvalue weighted by molar-refractivity contribution is -0.137. The van der Waals surface area contributed by atoms with E-state index in [1.807, 2.05) is 24.3 Å². The third-order valence-electron chi connectivity index (χ3n) is 7.19. The highest BCUT2D eigenvalue weighted by molar-refractivity contribution is 5.82. The van der Waals surface area contributed by atoms with Gasteiger partial charge in [0, 0.05) is 37.6 Å². The molecule has 0 saturated carbocycles. The largest absolute Gasteiger partial charge is 0.497 e. The molecule has 2 aliphatic rings. The molecule has 5 nitrogen and oxygen atoms in total. The van der Waals surface area contributed by atoms with Crippen LogP contribution >= 0.6 is 0 Å². The van der Waals surface area contributed by atoms with Crippen LogP contribution < -0.4 is 19.9 Å². The van der Waals surface area contributed by atoms with Crippen LogP contribution in [0.5, 0.6) is 5.75 Å². The number of methoxy groups -OCH3 is 1. The van der Waals surface area contributed by atoms with E-state index in [0.29, 0.717) is 25.2 Å². The van der Waals surface area contributed by atoms with E-state index in [1.165, 1.54) is 24.3 Å². The van der Waals surface area contributed by atoms with Crippen LogP contribution in [0, 0.1) is 11.7 Å². The minimum atomic E-state index is -4.46. The number of amides is 1. The van der Waals surface area contributed by atoms with Crippen LogP contribution in [0.15, 0.2) is 66.7 Å². The first-order valence-corrected chi connectivity index (χ1v) is 12.1. The smallest absolute Gasteiger partial charge is 0.416 e. The van der Waals surface area contributed by atoms with Gasteiger partial charge in [-0.15, -0.1) is 0 Å². The summed E-state index contributed by atoms with van der Waals surface area (Å²) in [5.74, 6) is -0.417. The van der Waals surface area contributed by atoms with Gasteiger partial charge in [-0.2, -0.15) is 13.2 Å². The minimum Gasteiger partial charge on any atom is -0.497 e. The number of carbonyl (C=O) groups excluding carboxylic acids is 1. The molecule has 0 radical (unpaired) electrons. The molecule has 1 amide bonds. The van der Waals surface area contributed by atoms with Crippen LogP contribution in [0.1, 0.15) is 16.7 Å². The van der Waals surface area contributed by atoms with Gasteiger partial charge in [-0.1, -0.05) is 12.1 Å². The van der Waals surface area contributed by atoms with Gasteiger partial charge in [0.2, 0.25) is 5.91 Å². The van der Waals surface area contributed by atoms with Crippen molar-refractivity contribution in [2.75, 3.05) is 36.5 Å². The highest BCUT2D eigenvalue weighted by atomic mass is 19.4. The molecule has 3 aromatic rings. The average Bonchev–Trinajstić information content (AvgIpc) is 2.91. The SMILES string of the molecule is COc1ccc(N2CCN3c4ccc(C(F)(F)F)cc4C[C@H](C(=O)NCc4ccc(F)cc4)[C@@H]3C2)cc1. The molecule has 37 heavy (non-hydrogen) atoms. The van der Waals surface area contributed by atoms with E-state index in [-0.39, 0.29) is 30.7 Å². The van der Waals surface area contributed by atoms with E-state index in [9.17, 15) is 22.4 Å². The summed E-state index contributed by atoms with van der Waals surface area (Å²) in [6.07, 6.45) is -4.26. The van der Waals surface area contributed by atoms with Crippen molar-refractivity contribution < 1.29 is 27.1 Å². The normalized spacial score (nSPS) is 19.2. The summed E-state index contributed by atoms with van der Waals surface area (Å²) < 4.78 is 58.8. The van der Waals surface area contributed by atoms with Crippen LogP contribution in [0.4, 0.5) is 28.9 Å². The van der Waals surface area contributed by atoms with Gasteiger partial charge in [-0.3, -0.25) is 4.79 Å². The average molecular weight is 514 g/mol. The minimum absolute atomic E-state index is 0.201. The van der Waals surface area contributed by atoms with E-state index in [1.54, 1.807) is 19.2 Å². The Balaban J connectivity index is 1.42. The Morgan fingerprint density at radius 3 is 2.43 bits per heavy atom. The first kappa shape index (κ1) is 24.9. The molecule has 9 heteroatoms. The van der Waals surface area contributed by atoms with Crippen molar-refractivity contribution in [2.24, 2.45) is 5.92 Å². The first-order chi connectivity index (χ1) is 17.7. The highest BCUT2D eigenvalue weighted by Crippen LogP contribution is 2.40. The molecule has 5 rings (SSSR count). The number of ether oxygens (including phenoxy) is 1. The Hall–Kier alpha value is -3.75. The van der Waals surface area contributed by atoms with Crippen molar-refractivity contribution in [3.8, 4) is 5.75 Å². The summed E-state index contributed by atoms with van der Waals surface area (Å²) in [4.78, 5) is 17.7. The van der Waals surface area contributed by atoms with Crippen molar-refractivity contribution in [3.63, 3.8) is 0 Å². The predicted octanol–water partition coefficient (Wildman–Crippen LogP) is 5.04. The Morgan fingerprint density at radius 2 is 1.76 bits per heavy atom. The number of anilines is 2. The van der Waals surface area contributed by atoms with Crippen LogP contribution in [0.2, 0.25) is 0 Å². The first-order valence-electron chi connectivity index (χ1n) is 12.1. The number of nitrogens with zero attached hydrogens (tertiary/aromatic N) is 2. The number of alkyl halides is 3. The second kappa shape index (κ2) is 9.95. The van der Waals surface area contributed by atoms with Crippen molar-refractivity contribution >= 4 is 17.3 Å². The fourth-order valence-electron chi connectivity index (χ4n) is 5.25. The molecule has 3 aromatic carbocycles. The number of fused-ring (bicyclic) bond motifs is 3. The number of hydrogen-bond acceptors (Lipinski definition) is 4. The van der Waals surface area contributed by atoms with E-state index in [0.717, 1.165) is 28.8 Å². The van der Waals surface area contributed by atoms with Crippen molar-refractivity contribution in [2.45, 2.75) is 25.2 Å². The third-order valence-corrected chi connectivity index (χ3v) is 7.19. The standard InChI is InChI=1S/C28H27F4N3O2/c1-37-23-9-7-22(8-10-23)34-12-13-35-25-11-4-20(28(30,31)32)14-19(25)15-24(26(35)17-34)27(36)33-16-18-2-5-21(29)6-3-18/h2-11,14,24,26H,12-13,15-17H2,1H3,(H,33,36)/t24-,26-/m0/s1. The summed E-state index contributed by atoms with van der Waals surface area (Å²) in [6.45, 7) is 1.98. The van der Waals surface area contributed by atoms with Crippen LogP contribution in [-0.4, -0.2) is 38.7 Å². The van der Waals surface area contributed by atoms with Gasteiger partial charge in [-0.25, -0.2) is 4.39 Å². The zero-order valence-corrected chi connectivity index (χ0v) is 20.3. The number of nitrogens with one attached hydrogen (secondary N) is 1. The topological polar surface area (TPSA) is 44.8 Å². The van der Waals surface area contributed by atoms with Gasteiger partial charge in [0.05, 0.1) is 24.6 Å². The van der Waals surface area contributed by atoms with Crippen molar-refractivity contribution in [3.05, 3.63) is 89.2 Å². The molecule has 0 aliphatic carbocycles. The maximum Gasteiger partial charge on any atom is 0.416 e. The second-order valence-corrected chi connectivity index (χ2v) is 9.40. The monoisotopic (exact) mass is 513 g/mol. The lowest BCUT2D eigenvalue weighted by Crippen LogP contribution is -2.61. The van der Waals surface area contributed by atoms with Gasteiger partial charge < -0.3 is 19.9 Å². The molecule has 0 aromatic heterocycles. The lowest BCUT2D eigenvalue weighted by atomic mass is 9.82. The van der Waals surface area contributed by atoms with Crippen molar-refractivity contribution in [1.29, 1.82) is 0 Å². The van der Waals surface area contributed by atoms with Crippen LogP contribution in [-0.2, 0) is 23.9 Å². The molecule has 2 atom stereocenters. The van der Waals surface area contributed by atoms with Crippen molar-refractivity contribution in [1.82, 2.24) is 5.32 Å². The number of halogens is 4. The fraction of sp³-hybridized carbons (Fsp3) is 0.321. The maximum absolute atomic E-state index is 13.4. The molecule has 1 fully saturated rings. The number of rotatable bonds is 5. The molecule has 2 aliphatic heterocycles. The maximum atomic E-state index is 13.4. The van der Waals surface area contributed by atoms with Gasteiger partial charge in [0.1, 0.15) is 11.6 Å². The zero-order valence-electron chi connectivity index (χ0n) is 20.3. The molecule has 0 unspecified atom stereocenters. The number of carbonyl (C=O) groups is 1. The van der Waals surface area contributed by atoms with E-state index in [2.05, 4.69) is 15.1 Å². The molecule has 0 spiro atoms. The quantitative estimate of drug-likeness (QED) is 0.486. The summed E-state index contributed by atoms with van der Waals surface area (Å²) in [7, 11) is 1.60. The van der Waals surface area contributed by atoms with Gasteiger partial charge in [0.15, 0.2) is 0 Å². The number of piperazine rings is 1. The lowest BCUT2D eigenvalue weighted by Gasteiger charge is -2.49. The summed E-state index contributed by atoms with van der Waals surface area (Å²) in [6, 6.07) is 17.1. The van der Waals surface area contributed by atoms with E-state index >= 15 is 0 Å². The van der Waals surface area contributed by atoms with Gasteiger partial charge >= 0.3 is 6.18 Å². The number of benzene rings is 3. The molecule has 1 saturated heterocycles. The highest BCUT2D eigenvalue weighted by Gasteiger charge is 2.42. The van der Waals surface area contributed by atoms with Crippen LogP contribution in [0.25, 0.3) is 0 Å². The molecule has 2 heterocycles. The Kier molecular flexibility index (Phi) is 6.70. The summed E-state index contributed by atoms with van der Waals surface area (Å²) in [5, 5.41) is 2.92. The second-order valence-electron chi connectivity index (χ2n) is 9.40. The Bertz CT molecular complexity index is 1260. The van der Waals surface area contributed by atoms with E-state index < -0.39 is 17.7 Å². The molecular formula is C28H27F4N3O2. The van der Waals surface area contributed by atoms with Gasteiger partial charge in [-0.05, 0) is 72.1 Å². The number of hydrogen-bond donors (Lipinski definition) is 1. The Morgan fingerprint density at radius 1 is 1.03 bits per heavy atom. The van der Waals surface area contributed by atoms with Gasteiger partial charge in [0.25, 0.3) is 0 Å². The molecular weight excluding hydrogens is 486 g/mol. The Labute approximate surface area is 212 Å².